The van der Waals surface area contributed by atoms with Crippen LogP contribution in [-0.2, 0) is 0 Å². The molecule has 8 heteroatoms. The van der Waals surface area contributed by atoms with E-state index in [2.05, 4.69) is 36.2 Å². The van der Waals surface area contributed by atoms with E-state index in [0.717, 1.165) is 26.5 Å². The number of benzene rings is 1. The summed E-state index contributed by atoms with van der Waals surface area (Å²) in [6, 6.07) is 10.2. The second-order valence-corrected chi connectivity index (χ2v) is 9.69. The lowest BCUT2D eigenvalue weighted by Crippen LogP contribution is -2.42. The van der Waals surface area contributed by atoms with Crippen LogP contribution in [0, 0.1) is 18.8 Å². The molecule has 2 aliphatic rings. The minimum atomic E-state index is 0.0314. The van der Waals surface area contributed by atoms with Gasteiger partial charge in [0.1, 0.15) is 5.69 Å². The maximum Gasteiger partial charge on any atom is 0.274 e. The molecule has 1 amide bonds. The highest BCUT2D eigenvalue weighted by Gasteiger charge is 2.54. The summed E-state index contributed by atoms with van der Waals surface area (Å²) >= 11 is 4.93. The highest BCUT2D eigenvalue weighted by atomic mass is 79.9. The fraction of sp³-hybridized carbons (Fsp3) is 0.333. The summed E-state index contributed by atoms with van der Waals surface area (Å²) in [5.74, 6) is 1.78. The Morgan fingerprint density at radius 1 is 1.28 bits per heavy atom. The lowest BCUT2D eigenvalue weighted by atomic mass is 10.1. The van der Waals surface area contributed by atoms with E-state index >= 15 is 0 Å². The van der Waals surface area contributed by atoms with Gasteiger partial charge in [-0.25, -0.2) is 15.0 Å². The largest absolute Gasteiger partial charge is 0.352 e. The van der Waals surface area contributed by atoms with Gasteiger partial charge in [-0.05, 0) is 46.7 Å². The maximum absolute atomic E-state index is 13.5. The van der Waals surface area contributed by atoms with Crippen LogP contribution in [0.3, 0.4) is 0 Å². The van der Waals surface area contributed by atoms with Gasteiger partial charge in [-0.1, -0.05) is 30.3 Å². The number of anilines is 1. The molecule has 1 aliphatic heterocycles. The molecule has 2 aromatic heterocycles. The van der Waals surface area contributed by atoms with Crippen molar-refractivity contribution in [3.8, 4) is 10.4 Å². The summed E-state index contributed by atoms with van der Waals surface area (Å²) < 4.78 is 0.843. The Morgan fingerprint density at radius 2 is 2.03 bits per heavy atom. The second kappa shape index (κ2) is 7.50. The Kier molecular flexibility index (Phi) is 4.83. The average Bonchev–Trinajstić information content (AvgIpc) is 3.25. The molecule has 148 valence electrons. The van der Waals surface area contributed by atoms with Gasteiger partial charge in [-0.3, -0.25) is 4.79 Å². The van der Waals surface area contributed by atoms with Crippen LogP contribution < -0.4 is 5.32 Å². The summed E-state index contributed by atoms with van der Waals surface area (Å²) in [4.78, 5) is 29.6. The van der Waals surface area contributed by atoms with Crippen LogP contribution in [0.5, 0.6) is 0 Å². The predicted molar refractivity (Wildman–Crippen MR) is 117 cm³/mol. The number of aromatic nitrogens is 3. The smallest absolute Gasteiger partial charge is 0.274 e. The van der Waals surface area contributed by atoms with Crippen LogP contribution >= 0.6 is 27.3 Å². The van der Waals surface area contributed by atoms with Crippen LogP contribution in [0.4, 0.5) is 5.95 Å². The number of nitrogens with one attached hydrogen (secondary N) is 1. The molecule has 0 bridgehead atoms. The zero-order valence-corrected chi connectivity index (χ0v) is 18.3. The number of fused-ring (bicyclic) bond motifs is 1. The molecule has 6 nitrogen and oxygen atoms in total. The first kappa shape index (κ1) is 18.7. The third kappa shape index (κ3) is 3.67. The number of nitrogens with zero attached hydrogens (tertiary/aromatic N) is 4. The number of carbonyl (C=O) groups is 1. The summed E-state index contributed by atoms with van der Waals surface area (Å²) in [7, 11) is 0. The van der Waals surface area contributed by atoms with Crippen LogP contribution in [-0.4, -0.2) is 44.9 Å². The van der Waals surface area contributed by atoms with Crippen molar-refractivity contribution in [2.24, 2.45) is 11.8 Å². The minimum absolute atomic E-state index is 0.0314. The van der Waals surface area contributed by atoms with Gasteiger partial charge in [0.05, 0.1) is 20.4 Å². The Balaban J connectivity index is 1.37. The lowest BCUT2D eigenvalue weighted by molar-refractivity contribution is 0.0711. The van der Waals surface area contributed by atoms with Crippen molar-refractivity contribution in [1.29, 1.82) is 0 Å². The zero-order valence-electron chi connectivity index (χ0n) is 15.9. The number of thiazole rings is 1. The monoisotopic (exact) mass is 469 g/mol. The molecule has 2 fully saturated rings. The van der Waals surface area contributed by atoms with Gasteiger partial charge < -0.3 is 10.2 Å². The van der Waals surface area contributed by atoms with Gasteiger partial charge in [0.2, 0.25) is 5.95 Å². The van der Waals surface area contributed by atoms with Gasteiger partial charge >= 0.3 is 0 Å². The van der Waals surface area contributed by atoms with Gasteiger partial charge in [-0.15, -0.1) is 11.3 Å². The van der Waals surface area contributed by atoms with Gasteiger partial charge in [0.15, 0.2) is 0 Å². The lowest BCUT2D eigenvalue weighted by Gasteiger charge is -2.27. The fourth-order valence-electron chi connectivity index (χ4n) is 4.16. The van der Waals surface area contributed by atoms with E-state index in [1.165, 1.54) is 6.42 Å². The number of hydrogen-bond donors (Lipinski definition) is 1. The Bertz CT molecular complexity index is 1040. The first-order valence-electron chi connectivity index (χ1n) is 9.65. The predicted octanol–water partition coefficient (Wildman–Crippen LogP) is 4.24. The number of aryl methyl sites for hydroxylation is 1. The second-order valence-electron chi connectivity index (χ2n) is 7.57. The van der Waals surface area contributed by atoms with Crippen LogP contribution in [0.2, 0.25) is 0 Å². The topological polar surface area (TPSA) is 71.0 Å². The molecular formula is C21H20BrN5OS. The molecule has 1 aliphatic carbocycles. The normalized spacial score (nSPS) is 22.4. The molecule has 5 rings (SSSR count). The van der Waals surface area contributed by atoms with Crippen LogP contribution in [0.25, 0.3) is 10.4 Å². The summed E-state index contributed by atoms with van der Waals surface area (Å²) in [5, 5.41) is 4.22. The molecule has 0 radical (unpaired) electrons. The first-order valence-corrected chi connectivity index (χ1v) is 11.3. The van der Waals surface area contributed by atoms with Crippen molar-refractivity contribution < 1.29 is 4.79 Å². The fourth-order valence-corrected chi connectivity index (χ4v) is 5.28. The van der Waals surface area contributed by atoms with Gasteiger partial charge in [-0.2, -0.15) is 0 Å². The Labute approximate surface area is 181 Å². The third-order valence-corrected chi connectivity index (χ3v) is 7.06. The van der Waals surface area contributed by atoms with E-state index < -0.39 is 0 Å². The number of carbonyl (C=O) groups excluding carboxylic acids is 1. The maximum atomic E-state index is 13.5. The molecule has 0 spiro atoms. The third-order valence-electron chi connectivity index (χ3n) is 5.63. The number of hydrogen-bond acceptors (Lipinski definition) is 6. The van der Waals surface area contributed by atoms with Crippen LogP contribution in [0.15, 0.2) is 47.2 Å². The summed E-state index contributed by atoms with van der Waals surface area (Å²) in [6.45, 7) is 3.42. The number of piperidine rings is 1. The highest BCUT2D eigenvalue weighted by molar-refractivity contribution is 9.10. The summed E-state index contributed by atoms with van der Waals surface area (Å²) in [6.07, 6.45) is 4.63. The number of rotatable bonds is 5. The molecule has 1 aromatic carbocycles. The van der Waals surface area contributed by atoms with E-state index in [1.807, 2.05) is 42.2 Å². The standard InChI is InChI=1S/C21H20BrN5OS/c1-12-26-18(19(29-12)13-5-3-2-4-6-13)20(28)27-11-14-7-16(14)17(27)10-25-21-23-8-15(22)9-24-21/h2-6,8-9,14,16-17H,7,10-11H2,1H3,(H,23,24,25)/t14-,16-,17+/m0/s1. The summed E-state index contributed by atoms with van der Waals surface area (Å²) in [5.41, 5.74) is 1.62. The molecule has 1 saturated heterocycles. The molecule has 1 N–H and O–H groups in total. The molecule has 1 saturated carbocycles. The Morgan fingerprint density at radius 3 is 2.79 bits per heavy atom. The van der Waals surface area contributed by atoms with E-state index in [9.17, 15) is 4.79 Å². The SMILES string of the molecule is Cc1nc(C(=O)N2C[C@@H]3C[C@@H]3[C@H]2CNc2ncc(Br)cn2)c(-c2ccccc2)s1. The Hall–Kier alpha value is -2.32. The highest BCUT2D eigenvalue weighted by Crippen LogP contribution is 2.50. The molecule has 3 heterocycles. The van der Waals surface area contributed by atoms with Gasteiger partial charge in [0, 0.05) is 25.5 Å². The average molecular weight is 470 g/mol. The molecule has 3 aromatic rings. The quantitative estimate of drug-likeness (QED) is 0.604. The van der Waals surface area contributed by atoms with Crippen molar-refractivity contribution in [1.82, 2.24) is 19.9 Å². The number of halogens is 1. The first-order chi connectivity index (χ1) is 14.1. The van der Waals surface area contributed by atoms with Crippen molar-refractivity contribution in [3.05, 3.63) is 57.9 Å². The van der Waals surface area contributed by atoms with E-state index in [-0.39, 0.29) is 11.9 Å². The van der Waals surface area contributed by atoms with E-state index in [4.69, 9.17) is 0 Å². The van der Waals surface area contributed by atoms with Crippen molar-refractivity contribution in [3.63, 3.8) is 0 Å². The van der Waals surface area contributed by atoms with E-state index in [0.29, 0.717) is 30.0 Å². The molecule has 29 heavy (non-hydrogen) atoms. The number of likely N-dealkylation sites (tertiary alicyclic amines) is 1. The van der Waals surface area contributed by atoms with Gasteiger partial charge in [0.25, 0.3) is 5.91 Å². The van der Waals surface area contributed by atoms with Crippen LogP contribution in [0.1, 0.15) is 21.9 Å². The molecular weight excluding hydrogens is 450 g/mol. The van der Waals surface area contributed by atoms with Crippen molar-refractivity contribution in [2.75, 3.05) is 18.4 Å². The van der Waals surface area contributed by atoms with E-state index in [1.54, 1.807) is 23.7 Å². The van der Waals surface area contributed by atoms with Crippen molar-refractivity contribution in [2.45, 2.75) is 19.4 Å². The number of amides is 1. The molecule has 0 unspecified atom stereocenters. The minimum Gasteiger partial charge on any atom is -0.352 e. The molecule has 3 atom stereocenters. The van der Waals surface area contributed by atoms with Crippen molar-refractivity contribution >= 4 is 39.1 Å². The zero-order chi connectivity index (χ0) is 20.0.